The second-order valence-electron chi connectivity index (χ2n) is 5.01. The number of likely N-dealkylation sites (tertiary alicyclic amines) is 1. The van der Waals surface area contributed by atoms with E-state index in [0.29, 0.717) is 6.04 Å². The Morgan fingerprint density at radius 1 is 1.53 bits per heavy atom. The zero-order valence-electron chi connectivity index (χ0n) is 11.0. The Labute approximate surface area is 122 Å². The van der Waals surface area contributed by atoms with Crippen molar-refractivity contribution in [3.8, 4) is 0 Å². The van der Waals surface area contributed by atoms with Crippen LogP contribution in [-0.2, 0) is 0 Å². The molecule has 1 saturated heterocycles. The van der Waals surface area contributed by atoms with Crippen LogP contribution in [0.25, 0.3) is 10.2 Å². The van der Waals surface area contributed by atoms with Gasteiger partial charge in [0.25, 0.3) is 0 Å². The molecule has 1 N–H and O–H groups in total. The van der Waals surface area contributed by atoms with Gasteiger partial charge in [0.15, 0.2) is 5.13 Å². The van der Waals surface area contributed by atoms with Crippen molar-refractivity contribution in [2.24, 2.45) is 0 Å². The van der Waals surface area contributed by atoms with Crippen LogP contribution in [0.1, 0.15) is 19.8 Å². The Kier molecular flexibility index (Phi) is 3.91. The summed E-state index contributed by atoms with van der Waals surface area (Å²) in [5, 5.41) is 5.34. The second kappa shape index (κ2) is 5.65. The van der Waals surface area contributed by atoms with Crippen molar-refractivity contribution in [1.29, 1.82) is 0 Å². The fourth-order valence-corrected chi connectivity index (χ4v) is 3.69. The molecule has 1 aliphatic heterocycles. The molecule has 1 aliphatic rings. The van der Waals surface area contributed by atoms with Crippen molar-refractivity contribution in [3.63, 3.8) is 0 Å². The third-order valence-electron chi connectivity index (χ3n) is 3.63. The highest BCUT2D eigenvalue weighted by Crippen LogP contribution is 2.29. The first-order chi connectivity index (χ1) is 9.24. The van der Waals surface area contributed by atoms with Crippen LogP contribution < -0.4 is 5.32 Å². The smallest absolute Gasteiger partial charge is 0.184 e. The summed E-state index contributed by atoms with van der Waals surface area (Å²) >= 11 is 7.70. The molecule has 0 saturated carbocycles. The minimum Gasteiger partial charge on any atom is -0.357 e. The van der Waals surface area contributed by atoms with Crippen molar-refractivity contribution >= 4 is 38.3 Å². The van der Waals surface area contributed by atoms with E-state index in [1.807, 2.05) is 18.2 Å². The highest BCUT2D eigenvalue weighted by molar-refractivity contribution is 7.22. The summed E-state index contributed by atoms with van der Waals surface area (Å²) in [5.41, 5.74) is 0.989. The molecule has 1 unspecified atom stereocenters. The van der Waals surface area contributed by atoms with Crippen LogP contribution in [0.4, 0.5) is 5.13 Å². The molecule has 0 spiro atoms. The summed E-state index contributed by atoms with van der Waals surface area (Å²) in [5.74, 6) is 0. The van der Waals surface area contributed by atoms with Crippen LogP contribution in [0.15, 0.2) is 18.2 Å². The maximum atomic E-state index is 6.00. The highest BCUT2D eigenvalue weighted by atomic mass is 35.5. The summed E-state index contributed by atoms with van der Waals surface area (Å²) in [6, 6.07) is 6.41. The maximum Gasteiger partial charge on any atom is 0.184 e. The molecule has 1 atom stereocenters. The van der Waals surface area contributed by atoms with E-state index in [9.17, 15) is 0 Å². The first kappa shape index (κ1) is 13.2. The number of piperidine rings is 1. The standard InChI is InChI=1S/C14H18ClN3S/c1-2-18-7-3-4-11(9-18)16-14-17-12-8-10(15)5-6-13(12)19-14/h5-6,8,11H,2-4,7,9H2,1H3,(H,16,17). The molecule has 5 heteroatoms. The Hall–Kier alpha value is -0.840. The minimum atomic E-state index is 0.518. The number of fused-ring (bicyclic) bond motifs is 1. The van der Waals surface area contributed by atoms with Crippen LogP contribution in [0.3, 0.4) is 0 Å². The number of hydrogen-bond acceptors (Lipinski definition) is 4. The number of benzene rings is 1. The van der Waals surface area contributed by atoms with Crippen LogP contribution in [0.2, 0.25) is 5.02 Å². The molecule has 102 valence electrons. The van der Waals surface area contributed by atoms with Crippen LogP contribution in [0.5, 0.6) is 0 Å². The van der Waals surface area contributed by atoms with Gasteiger partial charge in [-0.3, -0.25) is 0 Å². The Bertz CT molecular complexity index is 569. The number of halogens is 1. The first-order valence-electron chi connectivity index (χ1n) is 6.79. The molecule has 3 rings (SSSR count). The van der Waals surface area contributed by atoms with E-state index in [1.165, 1.54) is 24.1 Å². The van der Waals surface area contributed by atoms with Crippen molar-refractivity contribution in [3.05, 3.63) is 23.2 Å². The maximum absolute atomic E-state index is 6.00. The van der Waals surface area contributed by atoms with E-state index in [4.69, 9.17) is 11.6 Å². The van der Waals surface area contributed by atoms with Gasteiger partial charge in [-0.05, 0) is 44.1 Å². The van der Waals surface area contributed by atoms with E-state index < -0.39 is 0 Å². The summed E-state index contributed by atoms with van der Waals surface area (Å²) < 4.78 is 1.19. The van der Waals surface area contributed by atoms with Gasteiger partial charge in [-0.2, -0.15) is 0 Å². The predicted molar refractivity (Wildman–Crippen MR) is 83.4 cm³/mol. The monoisotopic (exact) mass is 295 g/mol. The van der Waals surface area contributed by atoms with Crippen molar-refractivity contribution < 1.29 is 0 Å². The van der Waals surface area contributed by atoms with Crippen molar-refractivity contribution in [1.82, 2.24) is 9.88 Å². The third-order valence-corrected chi connectivity index (χ3v) is 4.83. The highest BCUT2D eigenvalue weighted by Gasteiger charge is 2.19. The minimum absolute atomic E-state index is 0.518. The molecule has 1 aromatic heterocycles. The topological polar surface area (TPSA) is 28.2 Å². The van der Waals surface area contributed by atoms with Crippen LogP contribution in [0, 0.1) is 0 Å². The van der Waals surface area contributed by atoms with Gasteiger partial charge in [0.2, 0.25) is 0 Å². The summed E-state index contributed by atoms with van der Waals surface area (Å²) in [4.78, 5) is 7.11. The number of thiazole rings is 1. The molecule has 1 aromatic carbocycles. The number of hydrogen-bond donors (Lipinski definition) is 1. The van der Waals surface area contributed by atoms with Gasteiger partial charge < -0.3 is 10.2 Å². The number of aromatic nitrogens is 1. The van der Waals surface area contributed by atoms with Gasteiger partial charge >= 0.3 is 0 Å². The lowest BCUT2D eigenvalue weighted by atomic mass is 10.1. The van der Waals surface area contributed by atoms with Crippen LogP contribution in [-0.4, -0.2) is 35.6 Å². The van der Waals surface area contributed by atoms with Gasteiger partial charge in [-0.25, -0.2) is 4.98 Å². The number of likely N-dealkylation sites (N-methyl/N-ethyl adjacent to an activating group) is 1. The molecule has 3 nitrogen and oxygen atoms in total. The zero-order chi connectivity index (χ0) is 13.2. The zero-order valence-corrected chi connectivity index (χ0v) is 12.6. The molecule has 0 bridgehead atoms. The lowest BCUT2D eigenvalue weighted by molar-refractivity contribution is 0.227. The second-order valence-corrected chi connectivity index (χ2v) is 6.47. The van der Waals surface area contributed by atoms with Gasteiger partial charge in [-0.1, -0.05) is 29.9 Å². The average molecular weight is 296 g/mol. The quantitative estimate of drug-likeness (QED) is 0.932. The fourth-order valence-electron chi connectivity index (χ4n) is 2.60. The number of rotatable bonds is 3. The van der Waals surface area contributed by atoms with Gasteiger partial charge in [0.05, 0.1) is 10.2 Å². The number of nitrogens with one attached hydrogen (secondary N) is 1. The lowest BCUT2D eigenvalue weighted by Gasteiger charge is -2.32. The third kappa shape index (κ3) is 3.02. The van der Waals surface area contributed by atoms with E-state index in [0.717, 1.165) is 28.8 Å². The average Bonchev–Trinajstić information content (AvgIpc) is 2.80. The molecule has 0 amide bonds. The molecule has 0 aliphatic carbocycles. The van der Waals surface area contributed by atoms with E-state index in [-0.39, 0.29) is 0 Å². The van der Waals surface area contributed by atoms with Gasteiger partial charge in [0, 0.05) is 17.6 Å². The Balaban J connectivity index is 1.74. The first-order valence-corrected chi connectivity index (χ1v) is 7.99. The molecule has 2 heterocycles. The lowest BCUT2D eigenvalue weighted by Crippen LogP contribution is -2.41. The molecular weight excluding hydrogens is 278 g/mol. The van der Waals surface area contributed by atoms with E-state index in [1.54, 1.807) is 11.3 Å². The molecule has 19 heavy (non-hydrogen) atoms. The predicted octanol–water partition coefficient (Wildman–Crippen LogP) is 3.85. The summed E-state index contributed by atoms with van der Waals surface area (Å²) in [7, 11) is 0. The molecular formula is C14H18ClN3S. The molecule has 2 aromatic rings. The van der Waals surface area contributed by atoms with Crippen molar-refractivity contribution in [2.45, 2.75) is 25.8 Å². The normalized spacial score (nSPS) is 20.8. The van der Waals surface area contributed by atoms with Crippen LogP contribution >= 0.6 is 22.9 Å². The molecule has 0 radical (unpaired) electrons. The largest absolute Gasteiger partial charge is 0.357 e. The summed E-state index contributed by atoms with van der Waals surface area (Å²) in [6.07, 6.45) is 2.50. The fraction of sp³-hybridized carbons (Fsp3) is 0.500. The SMILES string of the molecule is CCN1CCCC(Nc2nc3cc(Cl)ccc3s2)C1. The van der Waals surface area contributed by atoms with E-state index >= 15 is 0 Å². The summed E-state index contributed by atoms with van der Waals surface area (Å²) in [6.45, 7) is 5.70. The Morgan fingerprint density at radius 2 is 2.42 bits per heavy atom. The Morgan fingerprint density at radius 3 is 3.26 bits per heavy atom. The van der Waals surface area contributed by atoms with E-state index in [2.05, 4.69) is 22.1 Å². The number of anilines is 1. The van der Waals surface area contributed by atoms with Gasteiger partial charge in [-0.15, -0.1) is 0 Å². The number of nitrogens with zero attached hydrogens (tertiary/aromatic N) is 2. The van der Waals surface area contributed by atoms with Gasteiger partial charge in [0.1, 0.15) is 0 Å². The molecule has 1 fully saturated rings. The van der Waals surface area contributed by atoms with Crippen molar-refractivity contribution in [2.75, 3.05) is 25.0 Å².